The number of aliphatic hydroxyl groups is 1. The molecule has 1 atom stereocenters. The van der Waals surface area contributed by atoms with E-state index in [1.54, 1.807) is 7.11 Å². The van der Waals surface area contributed by atoms with Crippen LogP contribution in [0.5, 0.6) is 11.5 Å². The maximum Gasteiger partial charge on any atom is 0.165 e. The molecule has 2 aliphatic heterocycles. The summed E-state index contributed by atoms with van der Waals surface area (Å²) in [4.78, 5) is 4.75. The molecule has 164 valence electrons. The molecule has 2 N–H and O–H groups in total. The van der Waals surface area contributed by atoms with E-state index in [1.165, 1.54) is 32.5 Å². The SMILES string of the molecule is COc1cccc(CNCCCN2CCCC2)c1OC[C@H](O)CN1CCOCC1. The highest BCUT2D eigenvalue weighted by molar-refractivity contribution is 5.46. The van der Waals surface area contributed by atoms with Gasteiger partial charge >= 0.3 is 0 Å². The van der Waals surface area contributed by atoms with Gasteiger partial charge in [0.05, 0.1) is 20.3 Å². The summed E-state index contributed by atoms with van der Waals surface area (Å²) in [6, 6.07) is 5.94. The number of hydrogen-bond donors (Lipinski definition) is 2. The highest BCUT2D eigenvalue weighted by Gasteiger charge is 2.17. The highest BCUT2D eigenvalue weighted by atomic mass is 16.5. The van der Waals surface area contributed by atoms with Crippen molar-refractivity contribution in [3.05, 3.63) is 23.8 Å². The number of β-amino-alcohol motifs (C(OH)–C–C–N with tert-alkyl or cyclic N) is 1. The maximum absolute atomic E-state index is 10.4. The average Bonchev–Trinajstić information content (AvgIpc) is 3.26. The highest BCUT2D eigenvalue weighted by Crippen LogP contribution is 2.31. The lowest BCUT2D eigenvalue weighted by molar-refractivity contribution is 0.00436. The molecule has 0 bridgehead atoms. The second-order valence-electron chi connectivity index (χ2n) is 7.91. The fourth-order valence-electron chi connectivity index (χ4n) is 4.00. The van der Waals surface area contributed by atoms with Crippen LogP contribution in [-0.2, 0) is 11.3 Å². The topological polar surface area (TPSA) is 66.4 Å². The van der Waals surface area contributed by atoms with Crippen molar-refractivity contribution in [1.29, 1.82) is 0 Å². The molecule has 0 aliphatic carbocycles. The predicted octanol–water partition coefficient (Wildman–Crippen LogP) is 1.34. The van der Waals surface area contributed by atoms with Crippen LogP contribution in [0.4, 0.5) is 0 Å². The first-order valence-corrected chi connectivity index (χ1v) is 11.0. The Hall–Kier alpha value is -1.38. The maximum atomic E-state index is 10.4. The van der Waals surface area contributed by atoms with Crippen molar-refractivity contribution in [3.8, 4) is 11.5 Å². The van der Waals surface area contributed by atoms with Gasteiger partial charge in [0.15, 0.2) is 11.5 Å². The van der Waals surface area contributed by atoms with E-state index < -0.39 is 6.10 Å². The first kappa shape index (κ1) is 22.3. The van der Waals surface area contributed by atoms with Crippen molar-refractivity contribution < 1.29 is 19.3 Å². The number of likely N-dealkylation sites (tertiary alicyclic amines) is 1. The lowest BCUT2D eigenvalue weighted by Gasteiger charge is -2.28. The van der Waals surface area contributed by atoms with Gasteiger partial charge in [-0.15, -0.1) is 0 Å². The first-order valence-electron chi connectivity index (χ1n) is 11.0. The third-order valence-electron chi connectivity index (χ3n) is 5.62. The van der Waals surface area contributed by atoms with Crippen LogP contribution in [0.3, 0.4) is 0 Å². The van der Waals surface area contributed by atoms with E-state index in [4.69, 9.17) is 14.2 Å². The van der Waals surface area contributed by atoms with Gasteiger partial charge in [-0.25, -0.2) is 0 Å². The summed E-state index contributed by atoms with van der Waals surface area (Å²) in [5, 5.41) is 13.9. The van der Waals surface area contributed by atoms with Crippen molar-refractivity contribution in [2.24, 2.45) is 0 Å². The molecule has 0 aromatic heterocycles. The molecule has 2 fully saturated rings. The molecule has 2 saturated heterocycles. The summed E-state index contributed by atoms with van der Waals surface area (Å²) in [7, 11) is 1.65. The summed E-state index contributed by atoms with van der Waals surface area (Å²) in [5.41, 5.74) is 1.06. The molecular weight excluding hydrogens is 370 g/mol. The molecular formula is C22H37N3O4. The van der Waals surface area contributed by atoms with Crippen molar-refractivity contribution in [2.45, 2.75) is 31.9 Å². The second kappa shape index (κ2) is 12.3. The Balaban J connectivity index is 1.44. The van der Waals surface area contributed by atoms with Gasteiger partial charge in [-0.2, -0.15) is 0 Å². The van der Waals surface area contributed by atoms with Gasteiger partial charge < -0.3 is 29.5 Å². The molecule has 29 heavy (non-hydrogen) atoms. The molecule has 2 aliphatic rings. The largest absolute Gasteiger partial charge is 0.493 e. The minimum atomic E-state index is -0.542. The van der Waals surface area contributed by atoms with Crippen molar-refractivity contribution in [3.63, 3.8) is 0 Å². The molecule has 3 rings (SSSR count). The van der Waals surface area contributed by atoms with Crippen LogP contribution in [0.1, 0.15) is 24.8 Å². The Bertz CT molecular complexity index is 589. The Morgan fingerprint density at radius 2 is 1.93 bits per heavy atom. The molecule has 1 aromatic carbocycles. The number of methoxy groups -OCH3 is 1. The summed E-state index contributed by atoms with van der Waals surface area (Å²) in [5.74, 6) is 1.43. The number of ether oxygens (including phenoxy) is 3. The molecule has 0 spiro atoms. The first-order chi connectivity index (χ1) is 14.3. The fraction of sp³-hybridized carbons (Fsp3) is 0.727. The monoisotopic (exact) mass is 407 g/mol. The van der Waals surface area contributed by atoms with E-state index in [-0.39, 0.29) is 6.61 Å². The second-order valence-corrected chi connectivity index (χ2v) is 7.91. The van der Waals surface area contributed by atoms with Gasteiger partial charge in [0.2, 0.25) is 0 Å². The third-order valence-corrected chi connectivity index (χ3v) is 5.62. The van der Waals surface area contributed by atoms with E-state index in [0.717, 1.165) is 57.1 Å². The van der Waals surface area contributed by atoms with E-state index in [1.807, 2.05) is 12.1 Å². The lowest BCUT2D eigenvalue weighted by atomic mass is 10.1. The Morgan fingerprint density at radius 3 is 2.69 bits per heavy atom. The molecule has 1 aromatic rings. The van der Waals surface area contributed by atoms with Gasteiger partial charge in [-0.1, -0.05) is 12.1 Å². The molecule has 0 radical (unpaired) electrons. The molecule has 0 saturated carbocycles. The summed E-state index contributed by atoms with van der Waals surface area (Å²) in [6.07, 6.45) is 3.29. The van der Waals surface area contributed by atoms with E-state index in [2.05, 4.69) is 21.2 Å². The van der Waals surface area contributed by atoms with Crippen molar-refractivity contribution in [1.82, 2.24) is 15.1 Å². The summed E-state index contributed by atoms with van der Waals surface area (Å²) in [6.45, 7) is 9.41. The zero-order valence-corrected chi connectivity index (χ0v) is 17.8. The van der Waals surface area contributed by atoms with Gasteiger partial charge in [-0.05, 0) is 51.5 Å². The Kier molecular flexibility index (Phi) is 9.50. The number of benzene rings is 1. The van der Waals surface area contributed by atoms with Gasteiger partial charge in [0, 0.05) is 31.7 Å². The molecule has 7 heteroatoms. The van der Waals surface area contributed by atoms with Crippen LogP contribution in [-0.4, -0.2) is 93.8 Å². The number of nitrogens with zero attached hydrogens (tertiary/aromatic N) is 2. The third kappa shape index (κ3) is 7.42. The van der Waals surface area contributed by atoms with Crippen LogP contribution >= 0.6 is 0 Å². The Morgan fingerprint density at radius 1 is 1.14 bits per heavy atom. The molecule has 7 nitrogen and oxygen atoms in total. The lowest BCUT2D eigenvalue weighted by Crippen LogP contribution is -2.42. The zero-order valence-electron chi connectivity index (χ0n) is 17.8. The number of rotatable bonds is 12. The minimum Gasteiger partial charge on any atom is -0.493 e. The summed E-state index contributed by atoms with van der Waals surface area (Å²) < 4.78 is 16.9. The number of hydrogen-bond acceptors (Lipinski definition) is 7. The number of morpholine rings is 1. The number of aliphatic hydroxyl groups excluding tert-OH is 1. The molecule has 0 unspecified atom stereocenters. The quantitative estimate of drug-likeness (QED) is 0.507. The zero-order chi connectivity index (χ0) is 20.3. The normalized spacial score (nSPS) is 19.4. The van der Waals surface area contributed by atoms with E-state index in [0.29, 0.717) is 12.3 Å². The van der Waals surface area contributed by atoms with Gasteiger partial charge in [0.1, 0.15) is 12.7 Å². The van der Waals surface area contributed by atoms with Gasteiger partial charge in [-0.3, -0.25) is 4.90 Å². The van der Waals surface area contributed by atoms with Crippen LogP contribution in [0.2, 0.25) is 0 Å². The van der Waals surface area contributed by atoms with Crippen LogP contribution in [0.15, 0.2) is 18.2 Å². The Labute approximate surface area is 174 Å². The molecule has 2 heterocycles. The van der Waals surface area contributed by atoms with Crippen LogP contribution < -0.4 is 14.8 Å². The fourth-order valence-corrected chi connectivity index (χ4v) is 4.00. The van der Waals surface area contributed by atoms with Gasteiger partial charge in [0.25, 0.3) is 0 Å². The standard InChI is InChI=1S/C22H37N3O4/c1-27-21-7-4-6-19(16-23-8-5-11-24-9-2-3-10-24)22(21)29-18-20(26)17-25-12-14-28-15-13-25/h4,6-7,20,23,26H,2-3,5,8-18H2,1H3/t20-/m1/s1. The van der Waals surface area contributed by atoms with E-state index in [9.17, 15) is 5.11 Å². The number of para-hydroxylation sites is 1. The average molecular weight is 408 g/mol. The van der Waals surface area contributed by atoms with Crippen molar-refractivity contribution in [2.75, 3.05) is 72.7 Å². The van der Waals surface area contributed by atoms with Crippen molar-refractivity contribution >= 4 is 0 Å². The minimum absolute atomic E-state index is 0.250. The van der Waals surface area contributed by atoms with E-state index >= 15 is 0 Å². The van der Waals surface area contributed by atoms with Crippen LogP contribution in [0, 0.1) is 0 Å². The van der Waals surface area contributed by atoms with Crippen LogP contribution in [0.25, 0.3) is 0 Å². The predicted molar refractivity (Wildman–Crippen MR) is 114 cm³/mol. The summed E-state index contributed by atoms with van der Waals surface area (Å²) >= 11 is 0. The number of nitrogens with one attached hydrogen (secondary N) is 1. The molecule has 0 amide bonds. The smallest absolute Gasteiger partial charge is 0.165 e.